The van der Waals surface area contributed by atoms with Gasteiger partial charge in [0.25, 0.3) is 0 Å². The first kappa shape index (κ1) is 24.2. The van der Waals surface area contributed by atoms with Gasteiger partial charge in [-0.05, 0) is 20.0 Å². The summed E-state index contributed by atoms with van der Waals surface area (Å²) in [5, 5.41) is -1.50. The molecule has 1 atom stereocenters. The third-order valence-electron chi connectivity index (χ3n) is 0.289. The number of quaternary nitrogens is 2. The molecule has 0 saturated heterocycles. The van der Waals surface area contributed by atoms with Gasteiger partial charge in [0.05, 0.1) is 56.4 Å². The van der Waals surface area contributed by atoms with Crippen LogP contribution in [0.2, 0.25) is 0 Å². The molecule has 0 amide bonds. The molecule has 0 aromatic rings. The van der Waals surface area contributed by atoms with E-state index in [0.717, 1.165) is 8.97 Å². The molecule has 0 aromatic carbocycles. The maximum absolute atomic E-state index is 9.88. The van der Waals surface area contributed by atoms with Crippen molar-refractivity contribution < 1.29 is 30.7 Å². The van der Waals surface area contributed by atoms with Crippen molar-refractivity contribution in [1.82, 2.24) is 0 Å². The summed E-state index contributed by atoms with van der Waals surface area (Å²) in [4.78, 5) is 0. The minimum Gasteiger partial charge on any atom is -0.769 e. The van der Waals surface area contributed by atoms with Gasteiger partial charge in [-0.25, -0.2) is 8.42 Å². The Balaban J connectivity index is -0.000000219. The van der Waals surface area contributed by atoms with Crippen molar-refractivity contribution in [2.24, 2.45) is 0 Å². The van der Waals surface area contributed by atoms with E-state index < -0.39 is 24.0 Å². The van der Waals surface area contributed by atoms with Gasteiger partial charge in [0.15, 0.2) is 0 Å². The zero-order chi connectivity index (χ0) is 16.7. The molecule has 0 saturated carbocycles. The van der Waals surface area contributed by atoms with E-state index in [4.69, 9.17) is 0 Å². The van der Waals surface area contributed by atoms with Gasteiger partial charge in [0, 0.05) is 0 Å². The van der Waals surface area contributed by atoms with E-state index in [-0.39, 0.29) is 0 Å². The summed E-state index contributed by atoms with van der Waals surface area (Å²) in [5.74, 6) is 0. The number of hydrogen-bond donors (Lipinski definition) is 0. The van der Waals surface area contributed by atoms with Crippen LogP contribution in [-0.4, -0.2) is 92.2 Å². The van der Waals surface area contributed by atoms with Crippen LogP contribution in [0.1, 0.15) is 0 Å². The Labute approximate surface area is 122 Å². The molecule has 0 spiro atoms. The Kier molecular flexibility index (Phi) is 10.8. The van der Waals surface area contributed by atoms with E-state index in [1.54, 1.807) is 0 Å². The molecule has 120 valence electrons. The lowest BCUT2D eigenvalue weighted by atomic mass is 10.8. The maximum atomic E-state index is 9.88. The average Bonchev–Trinajstić information content (AvgIpc) is 1.63. The largest absolute Gasteiger partial charge is 0.769 e. The fourth-order valence-electron chi connectivity index (χ4n) is 0.177. The lowest BCUT2D eigenvalue weighted by Crippen LogP contribution is -2.27. The molecule has 0 rings (SSSR count). The van der Waals surface area contributed by atoms with Crippen LogP contribution in [0.4, 0.5) is 0 Å². The second-order valence-corrected chi connectivity index (χ2v) is 11.3. The molecule has 7 nitrogen and oxygen atoms in total. The predicted molar refractivity (Wildman–Crippen MR) is 78.8 cm³/mol. The zero-order valence-corrected chi connectivity index (χ0v) is 15.3. The van der Waals surface area contributed by atoms with Crippen LogP contribution in [0.5, 0.6) is 0 Å². The third kappa shape index (κ3) is 125. The molecule has 19 heavy (non-hydrogen) atoms. The van der Waals surface area contributed by atoms with Crippen molar-refractivity contribution in [2.45, 2.75) is 0 Å². The normalized spacial score (nSPS) is 15.3. The number of rotatable bonds is 2. The summed E-state index contributed by atoms with van der Waals surface area (Å²) in [6, 6.07) is 0. The molecule has 0 aliphatic heterocycles. The van der Waals surface area contributed by atoms with Crippen molar-refractivity contribution in [3.8, 4) is 0 Å². The van der Waals surface area contributed by atoms with E-state index in [1.807, 2.05) is 0 Å². The van der Waals surface area contributed by atoms with Crippen LogP contribution in [0.3, 0.4) is 0 Å². The quantitative estimate of drug-likeness (QED) is 0.474. The Hall–Kier alpha value is 0.160. The van der Waals surface area contributed by atoms with Crippen molar-refractivity contribution >= 4 is 30.1 Å². The van der Waals surface area contributed by atoms with Crippen LogP contribution in [0, 0.1) is 0 Å². The summed E-state index contributed by atoms with van der Waals surface area (Å²) in [6.07, 6.45) is 0. The van der Waals surface area contributed by atoms with Crippen LogP contribution in [0.25, 0.3) is 0 Å². The van der Waals surface area contributed by atoms with Gasteiger partial charge in [0.2, 0.25) is 0 Å². The van der Waals surface area contributed by atoms with Gasteiger partial charge < -0.3 is 18.1 Å². The van der Waals surface area contributed by atoms with Gasteiger partial charge in [-0.3, -0.25) is 4.21 Å². The monoisotopic (exact) mass is 338 g/mol. The topological polar surface area (TPSA) is 97.3 Å². The minimum atomic E-state index is -4.72. The highest BCUT2D eigenvalue weighted by Crippen LogP contribution is 1.89. The minimum absolute atomic E-state index is 1.00. The summed E-state index contributed by atoms with van der Waals surface area (Å²) in [5.41, 5.74) is 0. The zero-order valence-electron chi connectivity index (χ0n) is 12.9. The van der Waals surface area contributed by atoms with Gasteiger partial charge in [0.1, 0.15) is 15.2 Å². The van der Waals surface area contributed by atoms with Gasteiger partial charge in [-0.15, -0.1) is 0 Å². The highest BCUT2D eigenvalue weighted by Gasteiger charge is 1.96. The SMILES string of the molecule is C[N+](C)(C)C.C[N+](C)(C)C.O=S(=O)([O-])CS(=O)([O-])=S. The van der Waals surface area contributed by atoms with Crippen molar-refractivity contribution in [1.29, 1.82) is 0 Å². The molecule has 1 unspecified atom stereocenters. The summed E-state index contributed by atoms with van der Waals surface area (Å²) >= 11 is 3.63. The standard InChI is InChI=1S/2C4H12N.CH4O5S3/c2*1-5(2,3)4;2-8(3,4)1-9(5,6)7/h2*1-4H3;1H2,(H,2,3,4)(H,5,6,7)/q2*+1;/p-2. The molecule has 0 radical (unpaired) electrons. The summed E-state index contributed by atoms with van der Waals surface area (Å²) in [7, 11) is 8.18. The van der Waals surface area contributed by atoms with E-state index in [9.17, 15) is 21.7 Å². The highest BCUT2D eigenvalue weighted by molar-refractivity contribution is 8.33. The smallest absolute Gasteiger partial charge is 0.106 e. The predicted octanol–water partition coefficient (Wildman–Crippen LogP) is -0.989. The van der Waals surface area contributed by atoms with E-state index >= 15 is 0 Å². The Morgan fingerprint density at radius 3 is 0.947 bits per heavy atom. The van der Waals surface area contributed by atoms with Crippen LogP contribution in [0.15, 0.2) is 0 Å². The Morgan fingerprint density at radius 1 is 0.789 bits per heavy atom. The molecule has 10 heteroatoms. The molecule has 0 aromatic heterocycles. The molecular weight excluding hydrogens is 312 g/mol. The van der Waals surface area contributed by atoms with Crippen molar-refractivity contribution in [2.75, 3.05) is 61.5 Å². The summed E-state index contributed by atoms with van der Waals surface area (Å²) < 4.78 is 50.7. The number of hydrogen-bond acceptors (Lipinski definition) is 6. The van der Waals surface area contributed by atoms with Gasteiger partial charge >= 0.3 is 0 Å². The van der Waals surface area contributed by atoms with E-state index in [2.05, 4.69) is 67.6 Å². The fraction of sp³-hybridized carbons (Fsp3) is 1.00. The first-order valence-corrected chi connectivity index (χ1v) is 9.31. The lowest BCUT2D eigenvalue weighted by molar-refractivity contribution is -0.849. The van der Waals surface area contributed by atoms with Crippen LogP contribution in [-0.2, 0) is 30.1 Å². The van der Waals surface area contributed by atoms with Crippen molar-refractivity contribution in [3.63, 3.8) is 0 Å². The molecule has 0 bridgehead atoms. The van der Waals surface area contributed by atoms with Crippen LogP contribution >= 0.6 is 0 Å². The van der Waals surface area contributed by atoms with Crippen LogP contribution < -0.4 is 0 Å². The average molecular weight is 339 g/mol. The fourth-order valence-corrected chi connectivity index (χ4v) is 2.65. The molecule has 0 aliphatic rings. The number of nitrogens with zero attached hydrogens (tertiary/aromatic N) is 2. The molecule has 0 aliphatic carbocycles. The second-order valence-electron chi connectivity index (χ2n) is 6.60. The van der Waals surface area contributed by atoms with Crippen molar-refractivity contribution in [3.05, 3.63) is 0 Å². The molecular formula is C9H26N2O5S3. The first-order valence-electron chi connectivity index (χ1n) is 5.16. The van der Waals surface area contributed by atoms with Gasteiger partial charge in [-0.1, -0.05) is 0 Å². The Morgan fingerprint density at radius 2 is 0.947 bits per heavy atom. The first-order chi connectivity index (χ1) is 7.71. The molecule has 0 N–H and O–H groups in total. The highest BCUT2D eigenvalue weighted by atomic mass is 32.8. The van der Waals surface area contributed by atoms with Gasteiger partial charge in [-0.2, -0.15) is 0 Å². The lowest BCUT2D eigenvalue weighted by Gasteiger charge is -2.14. The second kappa shape index (κ2) is 8.45. The maximum Gasteiger partial charge on any atom is 0.106 e. The molecule has 0 heterocycles. The molecule has 0 fully saturated rings. The summed E-state index contributed by atoms with van der Waals surface area (Å²) in [6.45, 7) is 0. The Bertz CT molecular complexity index is 375. The van der Waals surface area contributed by atoms with E-state index in [1.165, 1.54) is 0 Å². The third-order valence-corrected chi connectivity index (χ3v) is 3.46. The van der Waals surface area contributed by atoms with E-state index in [0.29, 0.717) is 0 Å².